The number of piperidine rings is 1. The molecule has 0 amide bonds. The summed E-state index contributed by atoms with van der Waals surface area (Å²) < 4.78 is 0. The number of thiazole rings is 1. The highest BCUT2D eigenvalue weighted by atomic mass is 32.1. The number of hydrogen-bond donors (Lipinski definition) is 1. The minimum atomic E-state index is 0.571. The Labute approximate surface area is 142 Å². The van der Waals surface area contributed by atoms with E-state index in [9.17, 15) is 0 Å². The van der Waals surface area contributed by atoms with Gasteiger partial charge in [-0.3, -0.25) is 0 Å². The topological polar surface area (TPSA) is 28.2 Å². The minimum Gasteiger partial charge on any atom is -0.344 e. The van der Waals surface area contributed by atoms with Crippen LogP contribution in [0.15, 0.2) is 35.8 Å². The molecule has 122 valence electrons. The number of aromatic nitrogens is 1. The Kier molecular flexibility index (Phi) is 4.62. The first kappa shape index (κ1) is 15.2. The van der Waals surface area contributed by atoms with Crippen LogP contribution in [0.2, 0.25) is 0 Å². The number of benzene rings is 1. The van der Waals surface area contributed by atoms with Gasteiger partial charge < -0.3 is 10.2 Å². The average molecular weight is 327 g/mol. The molecule has 1 aliphatic carbocycles. The third kappa shape index (κ3) is 3.43. The first-order chi connectivity index (χ1) is 11.4. The lowest BCUT2D eigenvalue weighted by Crippen LogP contribution is -2.41. The molecule has 0 saturated carbocycles. The van der Waals surface area contributed by atoms with Crippen molar-refractivity contribution in [1.82, 2.24) is 10.3 Å². The van der Waals surface area contributed by atoms with Crippen molar-refractivity contribution in [3.05, 3.63) is 47.0 Å². The molecule has 2 aromatic rings. The summed E-state index contributed by atoms with van der Waals surface area (Å²) in [7, 11) is 0. The molecule has 0 spiro atoms. The molecule has 2 heterocycles. The van der Waals surface area contributed by atoms with Crippen LogP contribution in [0.3, 0.4) is 0 Å². The van der Waals surface area contributed by atoms with Gasteiger partial charge in [0.1, 0.15) is 0 Å². The standard InChI is InChI=1S/C19H25N3S/c1-2-6-16-14-18(13-15(16)5-1)22(19-21-10-12-23-19)11-8-17-7-3-4-9-20-17/h1-2,5-6,10,12,17-18,20H,3-4,7-9,11,13-14H2. The van der Waals surface area contributed by atoms with E-state index in [0.717, 1.165) is 19.4 Å². The quantitative estimate of drug-likeness (QED) is 0.908. The lowest BCUT2D eigenvalue weighted by molar-refractivity contribution is 0.379. The molecule has 23 heavy (non-hydrogen) atoms. The zero-order valence-electron chi connectivity index (χ0n) is 13.6. The van der Waals surface area contributed by atoms with Crippen molar-refractivity contribution < 1.29 is 0 Å². The van der Waals surface area contributed by atoms with Gasteiger partial charge >= 0.3 is 0 Å². The molecule has 4 rings (SSSR count). The van der Waals surface area contributed by atoms with Crippen LogP contribution >= 0.6 is 11.3 Å². The molecule has 1 N–H and O–H groups in total. The molecular weight excluding hydrogens is 302 g/mol. The van der Waals surface area contributed by atoms with E-state index in [-0.39, 0.29) is 0 Å². The van der Waals surface area contributed by atoms with Gasteiger partial charge in [0.2, 0.25) is 0 Å². The summed E-state index contributed by atoms with van der Waals surface area (Å²) in [6.45, 7) is 2.31. The SMILES string of the molecule is c1ccc2c(c1)CC(N(CCC1CCCCN1)c1nccs1)C2. The number of rotatable bonds is 5. The van der Waals surface area contributed by atoms with E-state index in [1.54, 1.807) is 11.3 Å². The summed E-state index contributed by atoms with van der Waals surface area (Å²) in [5, 5.41) is 6.98. The molecule has 1 saturated heterocycles. The van der Waals surface area contributed by atoms with Crippen LogP contribution in [0.1, 0.15) is 36.8 Å². The summed E-state index contributed by atoms with van der Waals surface area (Å²) in [6, 6.07) is 10.2. The van der Waals surface area contributed by atoms with E-state index in [0.29, 0.717) is 12.1 Å². The Morgan fingerprint density at radius 1 is 1.17 bits per heavy atom. The number of nitrogens with one attached hydrogen (secondary N) is 1. The van der Waals surface area contributed by atoms with Crippen LogP contribution in [0.5, 0.6) is 0 Å². The summed E-state index contributed by atoms with van der Waals surface area (Å²) in [6.07, 6.45) is 9.53. The van der Waals surface area contributed by atoms with E-state index in [1.807, 2.05) is 6.20 Å². The van der Waals surface area contributed by atoms with E-state index in [2.05, 4.69) is 44.8 Å². The van der Waals surface area contributed by atoms with Crippen molar-refractivity contribution in [2.75, 3.05) is 18.0 Å². The molecule has 4 heteroatoms. The van der Waals surface area contributed by atoms with E-state index < -0.39 is 0 Å². The van der Waals surface area contributed by atoms with Crippen molar-refractivity contribution >= 4 is 16.5 Å². The smallest absolute Gasteiger partial charge is 0.185 e. The summed E-state index contributed by atoms with van der Waals surface area (Å²) in [5.41, 5.74) is 3.05. The van der Waals surface area contributed by atoms with Gasteiger partial charge in [0.15, 0.2) is 5.13 Å². The molecule has 1 aromatic carbocycles. The fraction of sp³-hybridized carbons (Fsp3) is 0.526. The molecule has 1 unspecified atom stereocenters. The maximum absolute atomic E-state index is 4.61. The van der Waals surface area contributed by atoms with E-state index in [4.69, 9.17) is 0 Å². The molecule has 1 aromatic heterocycles. The Bertz CT molecular complexity index is 594. The Morgan fingerprint density at radius 2 is 2.00 bits per heavy atom. The van der Waals surface area contributed by atoms with Crippen molar-refractivity contribution in [3.8, 4) is 0 Å². The van der Waals surface area contributed by atoms with Crippen LogP contribution in [0, 0.1) is 0 Å². The van der Waals surface area contributed by atoms with Crippen LogP contribution in [0.4, 0.5) is 5.13 Å². The molecule has 1 atom stereocenters. The lowest BCUT2D eigenvalue weighted by atomic mass is 10.0. The van der Waals surface area contributed by atoms with Crippen LogP contribution in [-0.4, -0.2) is 30.2 Å². The molecule has 0 bridgehead atoms. The molecule has 3 nitrogen and oxygen atoms in total. The van der Waals surface area contributed by atoms with Crippen molar-refractivity contribution in [3.63, 3.8) is 0 Å². The number of nitrogens with zero attached hydrogens (tertiary/aromatic N) is 2. The molecule has 1 aliphatic heterocycles. The monoisotopic (exact) mass is 327 g/mol. The summed E-state index contributed by atoms with van der Waals surface area (Å²) in [5.74, 6) is 0. The van der Waals surface area contributed by atoms with Gasteiger partial charge in [0, 0.05) is 30.2 Å². The van der Waals surface area contributed by atoms with Crippen LogP contribution in [-0.2, 0) is 12.8 Å². The van der Waals surface area contributed by atoms with Gasteiger partial charge in [-0.15, -0.1) is 11.3 Å². The van der Waals surface area contributed by atoms with Crippen molar-refractivity contribution in [2.24, 2.45) is 0 Å². The second kappa shape index (κ2) is 7.02. The molecule has 1 fully saturated rings. The molecular formula is C19H25N3S. The number of fused-ring (bicyclic) bond motifs is 1. The van der Waals surface area contributed by atoms with E-state index in [1.165, 1.54) is 48.5 Å². The second-order valence-corrected chi connectivity index (χ2v) is 7.65. The normalized spacial score (nSPS) is 21.3. The Balaban J connectivity index is 1.46. The third-order valence-corrected chi connectivity index (χ3v) is 6.07. The number of anilines is 1. The van der Waals surface area contributed by atoms with Gasteiger partial charge in [-0.1, -0.05) is 30.7 Å². The average Bonchev–Trinajstić information content (AvgIpc) is 3.25. The highest BCUT2D eigenvalue weighted by Gasteiger charge is 2.28. The van der Waals surface area contributed by atoms with Gasteiger partial charge in [-0.25, -0.2) is 4.98 Å². The fourth-order valence-corrected chi connectivity index (χ4v) is 4.75. The zero-order valence-corrected chi connectivity index (χ0v) is 14.4. The van der Waals surface area contributed by atoms with Gasteiger partial charge in [-0.05, 0) is 49.8 Å². The Hall–Kier alpha value is -1.39. The first-order valence-corrected chi connectivity index (χ1v) is 9.74. The summed E-state index contributed by atoms with van der Waals surface area (Å²) in [4.78, 5) is 7.18. The second-order valence-electron chi connectivity index (χ2n) is 6.77. The van der Waals surface area contributed by atoms with Gasteiger partial charge in [0.05, 0.1) is 0 Å². The highest BCUT2D eigenvalue weighted by molar-refractivity contribution is 7.13. The van der Waals surface area contributed by atoms with Crippen LogP contribution in [0.25, 0.3) is 0 Å². The Morgan fingerprint density at radius 3 is 2.65 bits per heavy atom. The predicted molar refractivity (Wildman–Crippen MR) is 97.4 cm³/mol. The van der Waals surface area contributed by atoms with Gasteiger partial charge in [0.25, 0.3) is 0 Å². The maximum atomic E-state index is 4.61. The third-order valence-electron chi connectivity index (χ3n) is 5.27. The van der Waals surface area contributed by atoms with Crippen molar-refractivity contribution in [1.29, 1.82) is 0 Å². The minimum absolute atomic E-state index is 0.571. The van der Waals surface area contributed by atoms with Crippen LogP contribution < -0.4 is 10.2 Å². The molecule has 2 aliphatic rings. The van der Waals surface area contributed by atoms with Gasteiger partial charge in [-0.2, -0.15) is 0 Å². The van der Waals surface area contributed by atoms with Crippen molar-refractivity contribution in [2.45, 2.75) is 50.6 Å². The zero-order chi connectivity index (χ0) is 15.5. The predicted octanol–water partition coefficient (Wildman–Crippen LogP) is 3.65. The maximum Gasteiger partial charge on any atom is 0.185 e. The van der Waals surface area contributed by atoms with E-state index >= 15 is 0 Å². The first-order valence-electron chi connectivity index (χ1n) is 8.86. The summed E-state index contributed by atoms with van der Waals surface area (Å²) >= 11 is 1.78. The number of hydrogen-bond acceptors (Lipinski definition) is 4. The highest BCUT2D eigenvalue weighted by Crippen LogP contribution is 2.30. The largest absolute Gasteiger partial charge is 0.344 e. The molecule has 0 radical (unpaired) electrons. The fourth-order valence-electron chi connectivity index (χ4n) is 4.01. The lowest BCUT2D eigenvalue weighted by Gasteiger charge is -2.31.